The van der Waals surface area contributed by atoms with E-state index in [2.05, 4.69) is 22.3 Å². The number of benzene rings is 1. The first-order chi connectivity index (χ1) is 8.45. The van der Waals surface area contributed by atoms with Crippen molar-refractivity contribution < 1.29 is 4.74 Å². The van der Waals surface area contributed by atoms with Gasteiger partial charge in [0, 0.05) is 6.61 Å². The highest BCUT2D eigenvalue weighted by Gasteiger charge is 1.94. The molecule has 90 valence electrons. The fourth-order valence-corrected chi connectivity index (χ4v) is 1.58. The molecule has 0 saturated heterocycles. The fourth-order valence-electron chi connectivity index (χ4n) is 1.58. The van der Waals surface area contributed by atoms with Gasteiger partial charge < -0.3 is 4.74 Å². The molecular formula is C13H17N3O. The molecule has 4 heteroatoms. The van der Waals surface area contributed by atoms with E-state index in [0.29, 0.717) is 6.61 Å². The average molecular weight is 231 g/mol. The molecule has 1 heterocycles. The molecule has 0 amide bonds. The Kier molecular flexibility index (Phi) is 4.72. The van der Waals surface area contributed by atoms with Crippen LogP contribution in [0.15, 0.2) is 42.7 Å². The minimum atomic E-state index is 0.695. The van der Waals surface area contributed by atoms with Crippen molar-refractivity contribution in [3.8, 4) is 0 Å². The van der Waals surface area contributed by atoms with Gasteiger partial charge in [-0.2, -0.15) is 15.0 Å². The lowest BCUT2D eigenvalue weighted by Crippen LogP contribution is -2.03. The summed E-state index contributed by atoms with van der Waals surface area (Å²) in [4.78, 5) is 1.71. The summed E-state index contributed by atoms with van der Waals surface area (Å²) < 4.78 is 5.59. The van der Waals surface area contributed by atoms with E-state index in [1.54, 1.807) is 17.2 Å². The number of hydrogen-bond acceptors (Lipinski definition) is 3. The number of aromatic nitrogens is 3. The molecule has 0 aliphatic rings. The van der Waals surface area contributed by atoms with E-state index in [9.17, 15) is 0 Å². The minimum absolute atomic E-state index is 0.695. The van der Waals surface area contributed by atoms with Crippen LogP contribution in [0.1, 0.15) is 18.4 Å². The summed E-state index contributed by atoms with van der Waals surface area (Å²) in [6.45, 7) is 2.35. The number of hydrogen-bond donors (Lipinski definition) is 0. The van der Waals surface area contributed by atoms with Gasteiger partial charge in [-0.3, -0.25) is 0 Å². The first-order valence-electron chi connectivity index (χ1n) is 5.91. The van der Waals surface area contributed by atoms with E-state index in [4.69, 9.17) is 4.74 Å². The van der Waals surface area contributed by atoms with Crippen molar-refractivity contribution in [3.05, 3.63) is 48.3 Å². The summed E-state index contributed by atoms with van der Waals surface area (Å²) in [6, 6.07) is 10.2. The van der Waals surface area contributed by atoms with Gasteiger partial charge in [-0.25, -0.2) is 0 Å². The summed E-state index contributed by atoms with van der Waals surface area (Å²) in [6.07, 6.45) is 5.48. The first-order valence-corrected chi connectivity index (χ1v) is 5.91. The fraction of sp³-hybridized carbons (Fsp3) is 0.385. The van der Waals surface area contributed by atoms with Crippen LogP contribution in [-0.2, 0) is 17.9 Å². The topological polar surface area (TPSA) is 39.9 Å². The molecule has 0 aliphatic heterocycles. The average Bonchev–Trinajstić information content (AvgIpc) is 2.88. The highest BCUT2D eigenvalue weighted by molar-refractivity contribution is 5.13. The molecule has 1 aromatic carbocycles. The molecule has 0 unspecified atom stereocenters. The predicted molar refractivity (Wildman–Crippen MR) is 65.4 cm³/mol. The van der Waals surface area contributed by atoms with E-state index in [1.807, 2.05) is 18.2 Å². The number of unbranched alkanes of at least 4 members (excludes halogenated alkanes) is 1. The quantitative estimate of drug-likeness (QED) is 0.686. The van der Waals surface area contributed by atoms with E-state index in [0.717, 1.165) is 26.0 Å². The highest BCUT2D eigenvalue weighted by atomic mass is 16.5. The van der Waals surface area contributed by atoms with Gasteiger partial charge in [0.05, 0.1) is 25.5 Å². The Balaban J connectivity index is 1.52. The summed E-state index contributed by atoms with van der Waals surface area (Å²) in [5.41, 5.74) is 1.22. The molecule has 0 saturated carbocycles. The smallest absolute Gasteiger partial charge is 0.0716 e. The van der Waals surface area contributed by atoms with Crippen molar-refractivity contribution >= 4 is 0 Å². The van der Waals surface area contributed by atoms with Gasteiger partial charge in [0.25, 0.3) is 0 Å². The molecule has 0 spiro atoms. The number of rotatable bonds is 7. The first kappa shape index (κ1) is 11.8. The van der Waals surface area contributed by atoms with Crippen LogP contribution in [0.25, 0.3) is 0 Å². The van der Waals surface area contributed by atoms with Gasteiger partial charge in [-0.1, -0.05) is 30.3 Å². The van der Waals surface area contributed by atoms with Gasteiger partial charge in [-0.15, -0.1) is 0 Å². The van der Waals surface area contributed by atoms with Crippen molar-refractivity contribution in [1.82, 2.24) is 15.0 Å². The second-order valence-electron chi connectivity index (χ2n) is 3.87. The van der Waals surface area contributed by atoms with E-state index < -0.39 is 0 Å². The molecule has 0 N–H and O–H groups in total. The summed E-state index contributed by atoms with van der Waals surface area (Å²) in [5.74, 6) is 0. The summed E-state index contributed by atoms with van der Waals surface area (Å²) in [7, 11) is 0. The Bertz CT molecular complexity index is 400. The van der Waals surface area contributed by atoms with Crippen molar-refractivity contribution in [1.29, 1.82) is 0 Å². The van der Waals surface area contributed by atoms with E-state index >= 15 is 0 Å². The van der Waals surface area contributed by atoms with Crippen LogP contribution in [0.4, 0.5) is 0 Å². The molecule has 0 bridgehead atoms. The Morgan fingerprint density at radius 1 is 1.00 bits per heavy atom. The molecule has 0 atom stereocenters. The molecule has 0 aliphatic carbocycles. The van der Waals surface area contributed by atoms with Gasteiger partial charge in [0.2, 0.25) is 0 Å². The second kappa shape index (κ2) is 6.81. The number of aryl methyl sites for hydroxylation is 1. The van der Waals surface area contributed by atoms with Crippen molar-refractivity contribution in [2.24, 2.45) is 0 Å². The van der Waals surface area contributed by atoms with Crippen LogP contribution in [0.3, 0.4) is 0 Å². The lowest BCUT2D eigenvalue weighted by atomic mass is 10.2. The molecule has 4 nitrogen and oxygen atoms in total. The molecule has 0 radical (unpaired) electrons. The van der Waals surface area contributed by atoms with Crippen LogP contribution >= 0.6 is 0 Å². The van der Waals surface area contributed by atoms with Crippen LogP contribution in [0.2, 0.25) is 0 Å². The largest absolute Gasteiger partial charge is 0.377 e. The van der Waals surface area contributed by atoms with Crippen LogP contribution < -0.4 is 0 Å². The van der Waals surface area contributed by atoms with E-state index in [-0.39, 0.29) is 0 Å². The zero-order valence-corrected chi connectivity index (χ0v) is 9.83. The standard InChI is InChI=1S/C13H17N3O/c1-2-6-13(7-3-1)12-17-11-5-4-10-16-14-8-9-15-16/h1-3,6-9H,4-5,10-12H2. The maximum atomic E-state index is 5.59. The number of ether oxygens (including phenoxy) is 1. The third-order valence-corrected chi connectivity index (χ3v) is 2.47. The summed E-state index contributed by atoms with van der Waals surface area (Å²) in [5, 5.41) is 8.09. The number of nitrogens with zero attached hydrogens (tertiary/aromatic N) is 3. The SMILES string of the molecule is c1ccc(COCCCCn2nccn2)cc1. The van der Waals surface area contributed by atoms with Crippen LogP contribution in [-0.4, -0.2) is 21.6 Å². The molecule has 0 fully saturated rings. The van der Waals surface area contributed by atoms with Gasteiger partial charge in [0.15, 0.2) is 0 Å². The van der Waals surface area contributed by atoms with Crippen molar-refractivity contribution in [2.75, 3.05) is 6.61 Å². The van der Waals surface area contributed by atoms with Crippen LogP contribution in [0.5, 0.6) is 0 Å². The molecule has 17 heavy (non-hydrogen) atoms. The normalized spacial score (nSPS) is 10.6. The third kappa shape index (κ3) is 4.36. The molecule has 1 aromatic heterocycles. The lowest BCUT2D eigenvalue weighted by Gasteiger charge is -2.04. The molecular weight excluding hydrogens is 214 g/mol. The van der Waals surface area contributed by atoms with Crippen molar-refractivity contribution in [2.45, 2.75) is 26.0 Å². The maximum absolute atomic E-state index is 5.59. The zero-order chi connectivity index (χ0) is 11.8. The summed E-state index contributed by atoms with van der Waals surface area (Å²) >= 11 is 0. The Labute approximate surface area is 101 Å². The highest BCUT2D eigenvalue weighted by Crippen LogP contribution is 2.01. The maximum Gasteiger partial charge on any atom is 0.0716 e. The Morgan fingerprint density at radius 2 is 1.76 bits per heavy atom. The minimum Gasteiger partial charge on any atom is -0.377 e. The van der Waals surface area contributed by atoms with Crippen molar-refractivity contribution in [3.63, 3.8) is 0 Å². The van der Waals surface area contributed by atoms with E-state index in [1.165, 1.54) is 5.56 Å². The van der Waals surface area contributed by atoms with Gasteiger partial charge in [-0.05, 0) is 18.4 Å². The monoisotopic (exact) mass is 231 g/mol. The molecule has 2 rings (SSSR count). The second-order valence-corrected chi connectivity index (χ2v) is 3.87. The van der Waals surface area contributed by atoms with Gasteiger partial charge >= 0.3 is 0 Å². The molecule has 2 aromatic rings. The van der Waals surface area contributed by atoms with Gasteiger partial charge in [0.1, 0.15) is 0 Å². The third-order valence-electron chi connectivity index (χ3n) is 2.47. The Morgan fingerprint density at radius 3 is 2.53 bits per heavy atom. The Hall–Kier alpha value is -1.68. The zero-order valence-electron chi connectivity index (χ0n) is 9.83. The van der Waals surface area contributed by atoms with Crippen LogP contribution in [0, 0.1) is 0 Å². The lowest BCUT2D eigenvalue weighted by molar-refractivity contribution is 0.116. The predicted octanol–water partition coefficient (Wildman–Crippen LogP) is 2.28.